The molecule has 0 unspecified atom stereocenters. The summed E-state index contributed by atoms with van der Waals surface area (Å²) in [5, 5.41) is 9.17. The fourth-order valence-electron chi connectivity index (χ4n) is 2.26. The van der Waals surface area contributed by atoms with E-state index in [1.54, 1.807) is 32.1 Å². The normalized spacial score (nSPS) is 12.0. The second-order valence-electron chi connectivity index (χ2n) is 5.82. The molecule has 0 saturated carbocycles. The highest BCUT2D eigenvalue weighted by atomic mass is 79.9. The number of nitrogens with zero attached hydrogens (tertiary/aromatic N) is 2. The highest BCUT2D eigenvalue weighted by Gasteiger charge is 2.13. The number of Topliss-reactive ketones (excluding diaryl/α,β-unsaturated/α-hetero) is 1. The van der Waals surface area contributed by atoms with E-state index in [4.69, 9.17) is 5.26 Å². The summed E-state index contributed by atoms with van der Waals surface area (Å²) in [6.45, 7) is 5.91. The number of hydrogen-bond donors (Lipinski definition) is 0. The zero-order chi connectivity index (χ0) is 17.6. The van der Waals surface area contributed by atoms with Gasteiger partial charge in [0.2, 0.25) is 5.78 Å². The fraction of sp³-hybridized carbons (Fsp3) is 0.368. The van der Waals surface area contributed by atoms with E-state index in [1.165, 1.54) is 5.56 Å². The van der Waals surface area contributed by atoms with Crippen LogP contribution in [0.1, 0.15) is 37.0 Å². The number of aryl methyl sites for hydroxylation is 2. The van der Waals surface area contributed by atoms with Crippen molar-refractivity contribution in [1.29, 1.82) is 5.26 Å². The zero-order valence-electron chi connectivity index (χ0n) is 14.4. The minimum atomic E-state index is -0.236. The van der Waals surface area contributed by atoms with Crippen molar-refractivity contribution in [3.05, 3.63) is 50.6 Å². The third-order valence-corrected chi connectivity index (χ3v) is 4.18. The number of rotatable bonds is 6. The van der Waals surface area contributed by atoms with Crippen LogP contribution in [-0.2, 0) is 11.2 Å². The molecule has 0 aliphatic heterocycles. The van der Waals surface area contributed by atoms with Gasteiger partial charge in [-0.1, -0.05) is 35.3 Å². The lowest BCUT2D eigenvalue weighted by molar-refractivity contribution is -0.111. The Balaban J connectivity index is 3.23. The van der Waals surface area contributed by atoms with Gasteiger partial charge >= 0.3 is 0 Å². The Kier molecular flexibility index (Phi) is 7.25. The van der Waals surface area contributed by atoms with Crippen LogP contribution in [0, 0.1) is 18.3 Å². The fourth-order valence-corrected chi connectivity index (χ4v) is 2.92. The molecule has 23 heavy (non-hydrogen) atoms. The van der Waals surface area contributed by atoms with Crippen LogP contribution < -0.4 is 0 Å². The predicted molar refractivity (Wildman–Crippen MR) is 98.9 cm³/mol. The first kappa shape index (κ1) is 19.2. The molecule has 0 saturated heterocycles. The van der Waals surface area contributed by atoms with E-state index in [-0.39, 0.29) is 11.4 Å². The van der Waals surface area contributed by atoms with Crippen LogP contribution in [0.4, 0.5) is 0 Å². The molecular weight excluding hydrogens is 352 g/mol. The zero-order valence-corrected chi connectivity index (χ0v) is 16.0. The van der Waals surface area contributed by atoms with Gasteiger partial charge in [-0.05, 0) is 54.7 Å². The minimum Gasteiger partial charge on any atom is -0.382 e. The van der Waals surface area contributed by atoms with Crippen molar-refractivity contribution >= 4 is 27.8 Å². The van der Waals surface area contributed by atoms with Gasteiger partial charge in [-0.2, -0.15) is 5.26 Å². The molecule has 0 fully saturated rings. The highest BCUT2D eigenvalue weighted by molar-refractivity contribution is 9.10. The Bertz CT molecular complexity index is 694. The van der Waals surface area contributed by atoms with Crippen molar-refractivity contribution in [1.82, 2.24) is 4.90 Å². The van der Waals surface area contributed by atoms with Crippen LogP contribution in [0.5, 0.6) is 0 Å². The molecule has 3 nitrogen and oxygen atoms in total. The van der Waals surface area contributed by atoms with Crippen LogP contribution in [-0.4, -0.2) is 24.8 Å². The Morgan fingerprint density at radius 1 is 1.39 bits per heavy atom. The highest BCUT2D eigenvalue weighted by Crippen LogP contribution is 2.25. The first-order valence-corrected chi connectivity index (χ1v) is 8.39. The Morgan fingerprint density at radius 2 is 2.04 bits per heavy atom. The van der Waals surface area contributed by atoms with Crippen molar-refractivity contribution in [3.8, 4) is 6.07 Å². The molecule has 0 amide bonds. The maximum absolute atomic E-state index is 12.4. The lowest BCUT2D eigenvalue weighted by Gasteiger charge is -2.10. The van der Waals surface area contributed by atoms with Gasteiger partial charge < -0.3 is 4.90 Å². The largest absolute Gasteiger partial charge is 0.382 e. The molecule has 0 atom stereocenters. The molecule has 1 aromatic carbocycles. The van der Waals surface area contributed by atoms with Gasteiger partial charge in [0.15, 0.2) is 0 Å². The van der Waals surface area contributed by atoms with Gasteiger partial charge in [0, 0.05) is 24.8 Å². The van der Waals surface area contributed by atoms with Crippen LogP contribution in [0.2, 0.25) is 0 Å². The summed E-state index contributed by atoms with van der Waals surface area (Å²) in [5.41, 5.74) is 4.05. The molecule has 0 N–H and O–H groups in total. The molecular formula is C19H23BrN2O. The summed E-state index contributed by atoms with van der Waals surface area (Å²) in [6, 6.07) is 6.17. The molecule has 0 aliphatic carbocycles. The molecule has 0 aromatic heterocycles. The van der Waals surface area contributed by atoms with Gasteiger partial charge in [-0.3, -0.25) is 4.79 Å². The second kappa shape index (κ2) is 8.69. The molecule has 0 aliphatic rings. The minimum absolute atomic E-state index is 0.146. The summed E-state index contributed by atoms with van der Waals surface area (Å²) in [4.78, 5) is 14.1. The molecule has 1 aromatic rings. The summed E-state index contributed by atoms with van der Waals surface area (Å²) in [5.74, 6) is -0.236. The van der Waals surface area contributed by atoms with E-state index in [1.807, 2.05) is 19.1 Å². The second-order valence-corrected chi connectivity index (χ2v) is 6.68. The maximum Gasteiger partial charge on any atom is 0.200 e. The van der Waals surface area contributed by atoms with Crippen LogP contribution in [0.25, 0.3) is 6.08 Å². The van der Waals surface area contributed by atoms with Crippen molar-refractivity contribution in [2.45, 2.75) is 33.6 Å². The Labute approximate surface area is 147 Å². The summed E-state index contributed by atoms with van der Waals surface area (Å²) in [7, 11) is 3.58. The van der Waals surface area contributed by atoms with Crippen LogP contribution in [0.15, 0.2) is 34.0 Å². The van der Waals surface area contributed by atoms with E-state index >= 15 is 0 Å². The van der Waals surface area contributed by atoms with Crippen molar-refractivity contribution < 1.29 is 4.79 Å². The van der Waals surface area contributed by atoms with E-state index < -0.39 is 0 Å². The molecule has 1 rings (SSSR count). The molecule has 0 spiro atoms. The van der Waals surface area contributed by atoms with E-state index in [9.17, 15) is 4.79 Å². The third kappa shape index (κ3) is 5.37. The molecule has 0 radical (unpaired) electrons. The van der Waals surface area contributed by atoms with Gasteiger partial charge in [0.25, 0.3) is 0 Å². The van der Waals surface area contributed by atoms with E-state index in [2.05, 4.69) is 35.0 Å². The first-order chi connectivity index (χ1) is 10.8. The number of ketones is 1. The number of hydrogen-bond acceptors (Lipinski definition) is 3. The number of carbonyl (C=O) groups is 1. The lowest BCUT2D eigenvalue weighted by atomic mass is 9.98. The standard InChI is InChI=1S/C19H23BrN2O/c1-6-7-15-10-16(13(2)9-18(15)20)8-14(3)19(23)17(11-21)12-22(4)5/h8-10,12H,6-7H2,1-5H3/b14-8+,17-12+. The van der Waals surface area contributed by atoms with Crippen LogP contribution >= 0.6 is 15.9 Å². The molecule has 0 heterocycles. The SMILES string of the molecule is CCCc1cc(/C=C(\C)C(=O)/C(C#N)=C/N(C)C)c(C)cc1Br. The van der Waals surface area contributed by atoms with Crippen molar-refractivity contribution in [3.63, 3.8) is 0 Å². The van der Waals surface area contributed by atoms with Crippen molar-refractivity contribution in [2.24, 2.45) is 0 Å². The summed E-state index contributed by atoms with van der Waals surface area (Å²) in [6.07, 6.45) is 5.46. The molecule has 122 valence electrons. The van der Waals surface area contributed by atoms with E-state index in [0.717, 1.165) is 28.4 Å². The number of carbonyl (C=O) groups excluding carboxylic acids is 1. The van der Waals surface area contributed by atoms with Gasteiger partial charge in [0.05, 0.1) is 0 Å². The predicted octanol–water partition coefficient (Wildman–Crippen LogP) is 4.65. The van der Waals surface area contributed by atoms with Crippen molar-refractivity contribution in [2.75, 3.05) is 14.1 Å². The van der Waals surface area contributed by atoms with Gasteiger partial charge in [-0.15, -0.1) is 0 Å². The third-order valence-electron chi connectivity index (χ3n) is 3.44. The average Bonchev–Trinajstić information content (AvgIpc) is 2.48. The monoisotopic (exact) mass is 374 g/mol. The smallest absolute Gasteiger partial charge is 0.200 e. The number of allylic oxidation sites excluding steroid dienone is 2. The number of nitriles is 1. The number of halogens is 1. The molecule has 0 bridgehead atoms. The van der Waals surface area contributed by atoms with Gasteiger partial charge in [-0.25, -0.2) is 0 Å². The Morgan fingerprint density at radius 3 is 2.57 bits per heavy atom. The summed E-state index contributed by atoms with van der Waals surface area (Å²) < 4.78 is 1.10. The number of benzene rings is 1. The topological polar surface area (TPSA) is 44.1 Å². The Hall–Kier alpha value is -1.86. The van der Waals surface area contributed by atoms with Crippen LogP contribution in [0.3, 0.4) is 0 Å². The van der Waals surface area contributed by atoms with Gasteiger partial charge in [0.1, 0.15) is 11.6 Å². The lowest BCUT2D eigenvalue weighted by Crippen LogP contribution is -2.09. The first-order valence-electron chi connectivity index (χ1n) is 7.60. The quantitative estimate of drug-likeness (QED) is 0.537. The summed E-state index contributed by atoms with van der Waals surface area (Å²) >= 11 is 3.59. The maximum atomic E-state index is 12.4. The molecule has 4 heteroatoms. The average molecular weight is 375 g/mol. The van der Waals surface area contributed by atoms with E-state index in [0.29, 0.717) is 5.57 Å².